The maximum atomic E-state index is 8.78. The van der Waals surface area contributed by atoms with Gasteiger partial charge in [0.05, 0.1) is 17.8 Å². The first-order valence-corrected chi connectivity index (χ1v) is 5.81. The second kappa shape index (κ2) is 5.52. The maximum absolute atomic E-state index is 8.78. The molecule has 0 radical (unpaired) electrons. The minimum absolute atomic E-state index is 0.442. The normalized spacial score (nSPS) is 9.83. The lowest BCUT2D eigenvalue weighted by molar-refractivity contribution is 0.304. The molecule has 0 saturated heterocycles. The van der Waals surface area contributed by atoms with Gasteiger partial charge in [-0.15, -0.1) is 0 Å². The zero-order valence-corrected chi connectivity index (χ0v) is 10.6. The van der Waals surface area contributed by atoms with E-state index in [0.717, 1.165) is 11.1 Å². The molecule has 0 aliphatic heterocycles. The lowest BCUT2D eigenvalue weighted by Crippen LogP contribution is -1.98. The summed E-state index contributed by atoms with van der Waals surface area (Å²) in [5, 5.41) is 9.23. The summed E-state index contributed by atoms with van der Waals surface area (Å²) in [6, 6.07) is 11.1. The highest BCUT2D eigenvalue weighted by Gasteiger charge is 2.02. The summed E-state index contributed by atoms with van der Waals surface area (Å²) >= 11 is 5.69. The summed E-state index contributed by atoms with van der Waals surface area (Å²) in [5.41, 5.74) is 2.74. The molecule has 1 aromatic heterocycles. The van der Waals surface area contributed by atoms with Crippen molar-refractivity contribution in [2.24, 2.45) is 0 Å². The van der Waals surface area contributed by atoms with Crippen LogP contribution in [-0.2, 0) is 6.61 Å². The molecule has 0 fully saturated rings. The summed E-state index contributed by atoms with van der Waals surface area (Å²) in [4.78, 5) is 3.94. The van der Waals surface area contributed by atoms with Crippen LogP contribution in [0.4, 0.5) is 0 Å². The number of nitriles is 1. The monoisotopic (exact) mass is 258 g/mol. The first kappa shape index (κ1) is 12.4. The zero-order valence-electron chi connectivity index (χ0n) is 9.85. The van der Waals surface area contributed by atoms with Gasteiger partial charge in [0.2, 0.25) is 0 Å². The number of hydrogen-bond acceptors (Lipinski definition) is 3. The van der Waals surface area contributed by atoms with Crippen molar-refractivity contribution < 1.29 is 4.74 Å². The summed E-state index contributed by atoms with van der Waals surface area (Å²) in [7, 11) is 0. The minimum atomic E-state index is 0.442. The van der Waals surface area contributed by atoms with Crippen LogP contribution in [0.1, 0.15) is 16.7 Å². The number of pyridine rings is 1. The predicted octanol–water partition coefficient (Wildman–Crippen LogP) is 3.49. The highest BCUT2D eigenvalue weighted by atomic mass is 35.5. The Hall–Kier alpha value is -2.05. The van der Waals surface area contributed by atoms with E-state index in [9.17, 15) is 0 Å². The smallest absolute Gasteiger partial charge is 0.138 e. The van der Waals surface area contributed by atoms with Crippen LogP contribution in [0.3, 0.4) is 0 Å². The summed E-state index contributed by atoms with van der Waals surface area (Å²) in [5.74, 6) is 0.670. The maximum Gasteiger partial charge on any atom is 0.138 e. The van der Waals surface area contributed by atoms with Crippen LogP contribution in [0.25, 0.3) is 0 Å². The highest BCUT2D eigenvalue weighted by Crippen LogP contribution is 2.16. The Labute approximate surface area is 111 Å². The summed E-state index contributed by atoms with van der Waals surface area (Å²) in [6.45, 7) is 2.40. The van der Waals surface area contributed by atoms with E-state index >= 15 is 0 Å². The molecule has 0 bridgehead atoms. The Morgan fingerprint density at radius 1 is 1.33 bits per heavy atom. The van der Waals surface area contributed by atoms with Crippen LogP contribution in [-0.4, -0.2) is 4.98 Å². The van der Waals surface area contributed by atoms with Crippen LogP contribution >= 0.6 is 11.6 Å². The van der Waals surface area contributed by atoms with Gasteiger partial charge in [-0.1, -0.05) is 17.7 Å². The number of nitrogens with zero attached hydrogens (tertiary/aromatic N) is 2. The fraction of sp³-hybridized carbons (Fsp3) is 0.143. The van der Waals surface area contributed by atoms with Crippen molar-refractivity contribution in [1.29, 1.82) is 5.26 Å². The van der Waals surface area contributed by atoms with E-state index in [1.54, 1.807) is 24.4 Å². The number of rotatable bonds is 3. The SMILES string of the molecule is Cc1cc(C#N)ccc1COc1ccc(Cl)nc1. The van der Waals surface area contributed by atoms with Crippen LogP contribution in [0.5, 0.6) is 5.75 Å². The minimum Gasteiger partial charge on any atom is -0.487 e. The molecule has 0 aliphatic carbocycles. The number of benzene rings is 1. The largest absolute Gasteiger partial charge is 0.487 e. The molecule has 2 rings (SSSR count). The van der Waals surface area contributed by atoms with E-state index in [-0.39, 0.29) is 0 Å². The van der Waals surface area contributed by atoms with Gasteiger partial charge in [0.15, 0.2) is 0 Å². The number of halogens is 1. The zero-order chi connectivity index (χ0) is 13.0. The molecule has 1 aromatic carbocycles. The van der Waals surface area contributed by atoms with Crippen molar-refractivity contribution in [1.82, 2.24) is 4.98 Å². The molecule has 0 spiro atoms. The molecular weight excluding hydrogens is 248 g/mol. The van der Waals surface area contributed by atoms with E-state index in [0.29, 0.717) is 23.1 Å². The third kappa shape index (κ3) is 2.99. The van der Waals surface area contributed by atoms with Gasteiger partial charge >= 0.3 is 0 Å². The Morgan fingerprint density at radius 3 is 2.78 bits per heavy atom. The highest BCUT2D eigenvalue weighted by molar-refractivity contribution is 6.29. The molecule has 0 atom stereocenters. The number of aryl methyl sites for hydroxylation is 1. The average Bonchev–Trinajstić information content (AvgIpc) is 2.39. The molecule has 1 heterocycles. The van der Waals surface area contributed by atoms with E-state index in [1.165, 1.54) is 0 Å². The van der Waals surface area contributed by atoms with Crippen LogP contribution in [0.2, 0.25) is 5.15 Å². The van der Waals surface area contributed by atoms with Crippen molar-refractivity contribution >= 4 is 11.6 Å². The van der Waals surface area contributed by atoms with Gasteiger partial charge in [-0.05, 0) is 42.3 Å². The topological polar surface area (TPSA) is 45.9 Å². The van der Waals surface area contributed by atoms with Crippen LogP contribution in [0.15, 0.2) is 36.5 Å². The van der Waals surface area contributed by atoms with Gasteiger partial charge in [-0.2, -0.15) is 5.26 Å². The third-order valence-corrected chi connectivity index (χ3v) is 2.79. The van der Waals surface area contributed by atoms with Gasteiger partial charge in [0.1, 0.15) is 17.5 Å². The fourth-order valence-corrected chi connectivity index (χ4v) is 1.65. The first-order chi connectivity index (χ1) is 8.69. The molecule has 4 heteroatoms. The molecule has 0 N–H and O–H groups in total. The molecule has 0 saturated carbocycles. The van der Waals surface area contributed by atoms with Crippen LogP contribution in [0, 0.1) is 18.3 Å². The predicted molar refractivity (Wildman–Crippen MR) is 69.5 cm³/mol. The van der Waals surface area contributed by atoms with Crippen molar-refractivity contribution in [3.8, 4) is 11.8 Å². The van der Waals surface area contributed by atoms with E-state index in [2.05, 4.69) is 11.1 Å². The Morgan fingerprint density at radius 2 is 2.17 bits per heavy atom. The van der Waals surface area contributed by atoms with Crippen LogP contribution < -0.4 is 4.74 Å². The molecule has 0 aliphatic rings. The molecule has 3 nitrogen and oxygen atoms in total. The summed E-state index contributed by atoms with van der Waals surface area (Å²) < 4.78 is 5.60. The standard InChI is InChI=1S/C14H11ClN2O/c1-10-6-11(7-16)2-3-12(10)9-18-13-4-5-14(15)17-8-13/h2-6,8H,9H2,1H3. The Balaban J connectivity index is 2.06. The third-order valence-electron chi connectivity index (χ3n) is 2.57. The van der Waals surface area contributed by atoms with Crippen molar-refractivity contribution in [3.63, 3.8) is 0 Å². The molecule has 2 aromatic rings. The van der Waals surface area contributed by atoms with Gasteiger partial charge in [-0.3, -0.25) is 0 Å². The van der Waals surface area contributed by atoms with Crippen molar-refractivity contribution in [2.45, 2.75) is 13.5 Å². The first-order valence-electron chi connectivity index (χ1n) is 5.43. The van der Waals surface area contributed by atoms with E-state index < -0.39 is 0 Å². The molecular formula is C14H11ClN2O. The quantitative estimate of drug-likeness (QED) is 0.792. The number of hydrogen-bond donors (Lipinski definition) is 0. The fourth-order valence-electron chi connectivity index (χ4n) is 1.54. The lowest BCUT2D eigenvalue weighted by atomic mass is 10.1. The molecule has 0 amide bonds. The molecule has 90 valence electrons. The second-order valence-corrected chi connectivity index (χ2v) is 4.25. The molecule has 0 unspecified atom stereocenters. The second-order valence-electron chi connectivity index (χ2n) is 3.86. The lowest BCUT2D eigenvalue weighted by Gasteiger charge is -2.08. The van der Waals surface area contributed by atoms with Crippen molar-refractivity contribution in [3.05, 3.63) is 58.4 Å². The molecule has 18 heavy (non-hydrogen) atoms. The van der Waals surface area contributed by atoms with Gasteiger partial charge < -0.3 is 4.74 Å². The summed E-state index contributed by atoms with van der Waals surface area (Å²) in [6.07, 6.45) is 1.58. The number of aromatic nitrogens is 1. The Bertz CT molecular complexity index is 588. The number of ether oxygens (including phenoxy) is 1. The van der Waals surface area contributed by atoms with E-state index in [4.69, 9.17) is 21.6 Å². The van der Waals surface area contributed by atoms with Gasteiger partial charge in [-0.25, -0.2) is 4.98 Å². The van der Waals surface area contributed by atoms with E-state index in [1.807, 2.05) is 19.1 Å². The Kier molecular flexibility index (Phi) is 3.81. The average molecular weight is 259 g/mol. The van der Waals surface area contributed by atoms with Crippen molar-refractivity contribution in [2.75, 3.05) is 0 Å². The van der Waals surface area contributed by atoms with Gasteiger partial charge in [0.25, 0.3) is 0 Å². The van der Waals surface area contributed by atoms with Gasteiger partial charge in [0, 0.05) is 0 Å².